The molecule has 3 aromatic heterocycles. The number of hydrogen-bond acceptors (Lipinski definition) is 5. The highest BCUT2D eigenvalue weighted by molar-refractivity contribution is 5.91. The van der Waals surface area contributed by atoms with Crippen LogP contribution in [0, 0.1) is 5.92 Å². The van der Waals surface area contributed by atoms with Crippen LogP contribution in [0.3, 0.4) is 0 Å². The molecule has 26 heavy (non-hydrogen) atoms. The Morgan fingerprint density at radius 2 is 2.08 bits per heavy atom. The van der Waals surface area contributed by atoms with Gasteiger partial charge >= 0.3 is 6.18 Å². The van der Waals surface area contributed by atoms with Crippen LogP contribution >= 0.6 is 0 Å². The summed E-state index contributed by atoms with van der Waals surface area (Å²) in [5.41, 5.74) is 0.654. The highest BCUT2D eigenvalue weighted by atomic mass is 19.4. The van der Waals surface area contributed by atoms with Crippen LogP contribution in [0.4, 0.5) is 30.6 Å². The second-order valence-corrected chi connectivity index (χ2v) is 6.34. The molecule has 0 saturated heterocycles. The number of alkyl halides is 3. The summed E-state index contributed by atoms with van der Waals surface area (Å²) in [7, 11) is 1.40. The fourth-order valence-corrected chi connectivity index (χ4v) is 2.90. The van der Waals surface area contributed by atoms with Crippen molar-refractivity contribution in [3.8, 4) is 0 Å². The Bertz CT molecular complexity index is 945. The van der Waals surface area contributed by atoms with Crippen molar-refractivity contribution in [1.82, 2.24) is 19.5 Å². The fraction of sp³-hybridized carbons (Fsp3) is 0.353. The molecule has 3 heterocycles. The van der Waals surface area contributed by atoms with Gasteiger partial charge in [0.05, 0.1) is 5.69 Å². The minimum absolute atomic E-state index is 0.0941. The van der Waals surface area contributed by atoms with E-state index in [0.29, 0.717) is 5.92 Å². The topological polar surface area (TPSA) is 67.7 Å². The Kier molecular flexibility index (Phi) is 3.93. The molecule has 136 valence electrons. The van der Waals surface area contributed by atoms with Crippen molar-refractivity contribution >= 4 is 28.5 Å². The summed E-state index contributed by atoms with van der Waals surface area (Å²) in [6.07, 6.45) is 2.33. The maximum atomic E-state index is 13.0. The minimum atomic E-state index is -4.51. The molecular formula is C17H17F3N6. The first-order valence-corrected chi connectivity index (χ1v) is 8.28. The standard InChI is InChI=1S/C17H17F3N6/c1-21-14-12(17(18,19)20)7-23-16(25-14)24-13-9-26(8-10-4-5-10)15-11(13)3-2-6-22-15/h2-3,6-7,9-10H,4-5,8H2,1H3,(H2,21,23,24,25). The maximum absolute atomic E-state index is 13.0. The molecule has 0 unspecified atom stereocenters. The quantitative estimate of drug-likeness (QED) is 0.717. The zero-order valence-corrected chi connectivity index (χ0v) is 14.0. The first-order chi connectivity index (χ1) is 12.5. The average Bonchev–Trinajstić information content (AvgIpc) is 3.37. The van der Waals surface area contributed by atoms with E-state index in [2.05, 4.69) is 30.2 Å². The lowest BCUT2D eigenvalue weighted by Crippen LogP contribution is -2.12. The van der Waals surface area contributed by atoms with Crippen molar-refractivity contribution in [1.29, 1.82) is 0 Å². The molecule has 1 aliphatic carbocycles. The van der Waals surface area contributed by atoms with Gasteiger partial charge in [0.2, 0.25) is 5.95 Å². The van der Waals surface area contributed by atoms with Gasteiger partial charge in [-0.25, -0.2) is 9.97 Å². The lowest BCUT2D eigenvalue weighted by molar-refractivity contribution is -0.137. The van der Waals surface area contributed by atoms with Crippen LogP contribution < -0.4 is 10.6 Å². The van der Waals surface area contributed by atoms with Crippen molar-refractivity contribution < 1.29 is 13.2 Å². The van der Waals surface area contributed by atoms with E-state index in [1.165, 1.54) is 19.9 Å². The first-order valence-electron chi connectivity index (χ1n) is 8.28. The maximum Gasteiger partial charge on any atom is 0.421 e. The zero-order chi connectivity index (χ0) is 18.3. The second kappa shape index (κ2) is 6.15. The summed E-state index contributed by atoms with van der Waals surface area (Å²) >= 11 is 0. The smallest absolute Gasteiger partial charge is 0.372 e. The largest absolute Gasteiger partial charge is 0.421 e. The number of hydrogen-bond donors (Lipinski definition) is 2. The first kappa shape index (κ1) is 16.6. The molecule has 1 fully saturated rings. The molecule has 0 radical (unpaired) electrons. The molecule has 9 heteroatoms. The van der Waals surface area contributed by atoms with Gasteiger partial charge < -0.3 is 15.2 Å². The predicted octanol–water partition coefficient (Wildman–Crippen LogP) is 4.04. The highest BCUT2D eigenvalue weighted by Gasteiger charge is 2.35. The number of pyridine rings is 1. The van der Waals surface area contributed by atoms with Gasteiger partial charge in [0, 0.05) is 37.6 Å². The Morgan fingerprint density at radius 1 is 1.27 bits per heavy atom. The van der Waals surface area contributed by atoms with Gasteiger partial charge in [-0.2, -0.15) is 18.2 Å². The molecule has 0 atom stereocenters. The Labute approximate surface area is 147 Å². The molecule has 0 amide bonds. The summed E-state index contributed by atoms with van der Waals surface area (Å²) < 4.78 is 41.0. The van der Waals surface area contributed by atoms with Gasteiger partial charge in [0.15, 0.2) is 0 Å². The third kappa shape index (κ3) is 3.16. The van der Waals surface area contributed by atoms with Crippen LogP contribution in [0.5, 0.6) is 0 Å². The fourth-order valence-electron chi connectivity index (χ4n) is 2.90. The molecule has 0 aromatic carbocycles. The lowest BCUT2D eigenvalue weighted by Gasteiger charge is -2.12. The summed E-state index contributed by atoms with van der Waals surface area (Å²) in [5.74, 6) is 0.491. The van der Waals surface area contributed by atoms with E-state index in [9.17, 15) is 13.2 Å². The van der Waals surface area contributed by atoms with E-state index >= 15 is 0 Å². The minimum Gasteiger partial charge on any atom is -0.372 e. The summed E-state index contributed by atoms with van der Waals surface area (Å²) in [4.78, 5) is 12.2. The van der Waals surface area contributed by atoms with Crippen LogP contribution in [0.1, 0.15) is 18.4 Å². The van der Waals surface area contributed by atoms with Gasteiger partial charge in [-0.05, 0) is 30.9 Å². The summed E-state index contributed by atoms with van der Waals surface area (Å²) in [6.45, 7) is 0.880. The van der Waals surface area contributed by atoms with E-state index in [-0.39, 0.29) is 11.8 Å². The number of aromatic nitrogens is 4. The molecule has 3 aromatic rings. The second-order valence-electron chi connectivity index (χ2n) is 6.34. The number of anilines is 3. The molecule has 0 bridgehead atoms. The van der Waals surface area contributed by atoms with Crippen molar-refractivity contribution in [3.05, 3.63) is 36.3 Å². The van der Waals surface area contributed by atoms with E-state index < -0.39 is 11.7 Å². The molecule has 1 aliphatic rings. The van der Waals surface area contributed by atoms with E-state index in [4.69, 9.17) is 0 Å². The Hall–Kier alpha value is -2.84. The van der Waals surface area contributed by atoms with Gasteiger partial charge in [-0.1, -0.05) is 0 Å². The lowest BCUT2D eigenvalue weighted by atomic mass is 10.3. The zero-order valence-electron chi connectivity index (χ0n) is 14.0. The monoisotopic (exact) mass is 362 g/mol. The van der Waals surface area contributed by atoms with Gasteiger partial charge in [-0.15, -0.1) is 0 Å². The van der Waals surface area contributed by atoms with Gasteiger partial charge in [0.25, 0.3) is 0 Å². The van der Waals surface area contributed by atoms with Crippen molar-refractivity contribution in [2.75, 3.05) is 17.7 Å². The van der Waals surface area contributed by atoms with Gasteiger partial charge in [-0.3, -0.25) is 0 Å². The average molecular weight is 362 g/mol. The van der Waals surface area contributed by atoms with Crippen molar-refractivity contribution in [3.63, 3.8) is 0 Å². The molecular weight excluding hydrogens is 345 g/mol. The predicted molar refractivity (Wildman–Crippen MR) is 92.3 cm³/mol. The summed E-state index contributed by atoms with van der Waals surface area (Å²) in [5, 5.41) is 6.38. The van der Waals surface area contributed by atoms with E-state index in [0.717, 1.165) is 29.5 Å². The number of rotatable bonds is 5. The number of fused-ring (bicyclic) bond motifs is 1. The van der Waals surface area contributed by atoms with E-state index in [1.807, 2.05) is 18.3 Å². The van der Waals surface area contributed by atoms with Crippen LogP contribution in [0.15, 0.2) is 30.7 Å². The SMILES string of the molecule is CNc1nc(Nc2cn(CC3CC3)c3ncccc23)ncc1C(F)(F)F. The van der Waals surface area contributed by atoms with Crippen LogP contribution in [-0.2, 0) is 12.7 Å². The number of nitrogens with zero attached hydrogens (tertiary/aromatic N) is 4. The third-order valence-corrected chi connectivity index (χ3v) is 4.36. The van der Waals surface area contributed by atoms with E-state index in [1.54, 1.807) is 6.20 Å². The van der Waals surface area contributed by atoms with Gasteiger partial charge in [0.1, 0.15) is 17.0 Å². The summed E-state index contributed by atoms with van der Waals surface area (Å²) in [6, 6.07) is 3.73. The molecule has 6 nitrogen and oxygen atoms in total. The molecule has 2 N–H and O–H groups in total. The molecule has 1 saturated carbocycles. The van der Waals surface area contributed by atoms with Crippen LogP contribution in [0.25, 0.3) is 11.0 Å². The van der Waals surface area contributed by atoms with Crippen LogP contribution in [0.2, 0.25) is 0 Å². The normalized spacial score (nSPS) is 14.6. The Balaban J connectivity index is 1.69. The third-order valence-electron chi connectivity index (χ3n) is 4.36. The Morgan fingerprint density at radius 3 is 2.77 bits per heavy atom. The van der Waals surface area contributed by atoms with Crippen molar-refractivity contribution in [2.24, 2.45) is 5.92 Å². The number of nitrogens with one attached hydrogen (secondary N) is 2. The number of halogens is 3. The molecule has 4 rings (SSSR count). The molecule has 0 spiro atoms. The molecule has 0 aliphatic heterocycles. The highest BCUT2D eigenvalue weighted by Crippen LogP contribution is 2.36. The van der Waals surface area contributed by atoms with Crippen LogP contribution in [-0.4, -0.2) is 26.6 Å². The van der Waals surface area contributed by atoms with Crippen molar-refractivity contribution in [2.45, 2.75) is 25.6 Å².